The summed E-state index contributed by atoms with van der Waals surface area (Å²) in [6.45, 7) is 0.129. The van der Waals surface area contributed by atoms with Gasteiger partial charge in [0.15, 0.2) is 0 Å². The van der Waals surface area contributed by atoms with E-state index in [1.54, 1.807) is 11.3 Å². The summed E-state index contributed by atoms with van der Waals surface area (Å²) < 4.78 is 1.03. The van der Waals surface area contributed by atoms with Crippen LogP contribution in [0.2, 0.25) is 0 Å². The van der Waals surface area contributed by atoms with Crippen LogP contribution in [0.3, 0.4) is 0 Å². The van der Waals surface area contributed by atoms with E-state index in [0.29, 0.717) is 0 Å². The molecule has 0 amide bonds. The monoisotopic (exact) mass is 192 g/mol. The molecule has 0 unspecified atom stereocenters. The Morgan fingerprint density at radius 1 is 1.75 bits per heavy atom. The Hall–Kier alpha value is 0.140. The van der Waals surface area contributed by atoms with Crippen molar-refractivity contribution in [1.29, 1.82) is 0 Å². The maximum Gasteiger partial charge on any atom is 0.0753 e. The second-order valence-corrected chi connectivity index (χ2v) is 3.61. The van der Waals surface area contributed by atoms with Crippen LogP contribution in [0.4, 0.5) is 0 Å². The van der Waals surface area contributed by atoms with Crippen LogP contribution >= 0.6 is 27.3 Å². The third kappa shape index (κ3) is 1.10. The lowest BCUT2D eigenvalue weighted by atomic mass is 10.4. The molecule has 0 saturated carbocycles. The van der Waals surface area contributed by atoms with Gasteiger partial charge in [-0.25, -0.2) is 0 Å². The van der Waals surface area contributed by atoms with Crippen molar-refractivity contribution >= 4 is 27.3 Å². The normalized spacial score (nSPS) is 9.75. The van der Waals surface area contributed by atoms with E-state index in [0.717, 1.165) is 9.35 Å². The Kier molecular flexibility index (Phi) is 2.05. The molecule has 0 aliphatic rings. The highest BCUT2D eigenvalue weighted by molar-refractivity contribution is 9.11. The molecule has 1 nitrogen and oxygen atoms in total. The molecule has 1 N–H and O–H groups in total. The van der Waals surface area contributed by atoms with Crippen LogP contribution in [0.15, 0.2) is 15.2 Å². The van der Waals surface area contributed by atoms with Gasteiger partial charge in [-0.2, -0.15) is 0 Å². The summed E-state index contributed by atoms with van der Waals surface area (Å²) in [4.78, 5) is 0. The fourth-order valence-corrected chi connectivity index (χ4v) is 1.65. The molecule has 3 heteroatoms. The van der Waals surface area contributed by atoms with E-state index < -0.39 is 0 Å². The van der Waals surface area contributed by atoms with Gasteiger partial charge in [0, 0.05) is 5.56 Å². The molecule has 0 spiro atoms. The Balaban J connectivity index is 2.92. The van der Waals surface area contributed by atoms with Crippen LogP contribution in [0.25, 0.3) is 0 Å². The average Bonchev–Trinajstić information content (AvgIpc) is 2.14. The van der Waals surface area contributed by atoms with Crippen LogP contribution in [-0.4, -0.2) is 5.11 Å². The smallest absolute Gasteiger partial charge is 0.0753 e. The molecule has 0 bridgehead atoms. The quantitative estimate of drug-likeness (QED) is 0.723. The molecule has 1 aromatic rings. The van der Waals surface area contributed by atoms with Gasteiger partial charge < -0.3 is 5.11 Å². The minimum Gasteiger partial charge on any atom is -0.392 e. The summed E-state index contributed by atoms with van der Waals surface area (Å²) in [5.41, 5.74) is 0.968. The molecule has 0 fully saturated rings. The van der Waals surface area contributed by atoms with Crippen molar-refractivity contribution in [3.05, 3.63) is 20.8 Å². The lowest BCUT2D eigenvalue weighted by Crippen LogP contribution is -1.75. The number of rotatable bonds is 1. The van der Waals surface area contributed by atoms with Gasteiger partial charge in [0.1, 0.15) is 0 Å². The fraction of sp³-hybridized carbons (Fsp3) is 0.200. The molecule has 0 radical (unpaired) electrons. The van der Waals surface area contributed by atoms with Crippen LogP contribution in [0, 0.1) is 0 Å². The second kappa shape index (κ2) is 2.62. The van der Waals surface area contributed by atoms with Gasteiger partial charge >= 0.3 is 0 Å². The van der Waals surface area contributed by atoms with E-state index in [4.69, 9.17) is 5.11 Å². The fourth-order valence-electron chi connectivity index (χ4n) is 0.432. The molecule has 0 saturated heterocycles. The van der Waals surface area contributed by atoms with Gasteiger partial charge in [-0.3, -0.25) is 0 Å². The topological polar surface area (TPSA) is 20.2 Å². The first-order valence-electron chi connectivity index (χ1n) is 2.17. The molecule has 0 aliphatic carbocycles. The third-order valence-corrected chi connectivity index (χ3v) is 2.67. The SMILES string of the molecule is OCc1ccsc1Br. The summed E-state index contributed by atoms with van der Waals surface area (Å²) in [5, 5.41) is 10.5. The summed E-state index contributed by atoms with van der Waals surface area (Å²) in [6.07, 6.45) is 0. The zero-order chi connectivity index (χ0) is 5.98. The molecule has 8 heavy (non-hydrogen) atoms. The van der Waals surface area contributed by atoms with Crippen LogP contribution in [-0.2, 0) is 6.61 Å². The van der Waals surface area contributed by atoms with Gasteiger partial charge in [0.2, 0.25) is 0 Å². The minimum absolute atomic E-state index is 0.129. The molecule has 1 rings (SSSR count). The maximum atomic E-state index is 8.58. The summed E-state index contributed by atoms with van der Waals surface area (Å²) in [5.74, 6) is 0. The zero-order valence-electron chi connectivity index (χ0n) is 4.10. The molecule has 0 atom stereocenters. The standard InChI is InChI=1S/C5H5BrOS/c6-5-4(3-7)1-2-8-5/h1-2,7H,3H2. The number of halogens is 1. The van der Waals surface area contributed by atoms with E-state index >= 15 is 0 Å². The first-order chi connectivity index (χ1) is 3.84. The van der Waals surface area contributed by atoms with Crippen molar-refractivity contribution in [2.45, 2.75) is 6.61 Å². The molecule has 0 aromatic carbocycles. The summed E-state index contributed by atoms with van der Waals surface area (Å²) in [7, 11) is 0. The maximum absolute atomic E-state index is 8.58. The van der Waals surface area contributed by atoms with Gasteiger partial charge in [0.05, 0.1) is 10.4 Å². The molecule has 44 valence electrons. The minimum atomic E-state index is 0.129. The van der Waals surface area contributed by atoms with E-state index in [-0.39, 0.29) is 6.61 Å². The number of aliphatic hydroxyl groups excluding tert-OH is 1. The van der Waals surface area contributed by atoms with Crippen LogP contribution < -0.4 is 0 Å². The largest absolute Gasteiger partial charge is 0.392 e. The van der Waals surface area contributed by atoms with E-state index in [1.165, 1.54) is 0 Å². The van der Waals surface area contributed by atoms with Gasteiger partial charge in [-0.1, -0.05) is 0 Å². The third-order valence-electron chi connectivity index (χ3n) is 0.864. The highest BCUT2D eigenvalue weighted by atomic mass is 79.9. The summed E-state index contributed by atoms with van der Waals surface area (Å²) >= 11 is 4.87. The number of aliphatic hydroxyl groups is 1. The van der Waals surface area contributed by atoms with E-state index in [2.05, 4.69) is 15.9 Å². The van der Waals surface area contributed by atoms with Gasteiger partial charge in [0.25, 0.3) is 0 Å². The number of hydrogen-bond donors (Lipinski definition) is 1. The van der Waals surface area contributed by atoms with Crippen LogP contribution in [0.1, 0.15) is 5.56 Å². The average molecular weight is 193 g/mol. The first-order valence-corrected chi connectivity index (χ1v) is 3.84. The highest BCUT2D eigenvalue weighted by Crippen LogP contribution is 2.22. The predicted molar refractivity (Wildman–Crippen MR) is 37.9 cm³/mol. The molecule has 1 heterocycles. The van der Waals surface area contributed by atoms with Crippen LogP contribution in [0.5, 0.6) is 0 Å². The first kappa shape index (κ1) is 6.26. The molecule has 1 aromatic heterocycles. The molecular formula is C5H5BrOS. The van der Waals surface area contributed by atoms with Gasteiger partial charge in [-0.05, 0) is 27.4 Å². The van der Waals surface area contributed by atoms with E-state index in [9.17, 15) is 0 Å². The van der Waals surface area contributed by atoms with Crippen molar-refractivity contribution in [2.24, 2.45) is 0 Å². The Bertz CT molecular complexity index is 173. The Morgan fingerprint density at radius 2 is 2.50 bits per heavy atom. The zero-order valence-corrected chi connectivity index (χ0v) is 6.50. The lowest BCUT2D eigenvalue weighted by molar-refractivity contribution is 0.281. The van der Waals surface area contributed by atoms with E-state index in [1.807, 2.05) is 11.4 Å². The summed E-state index contributed by atoms with van der Waals surface area (Å²) in [6, 6.07) is 1.90. The van der Waals surface area contributed by atoms with Crippen molar-refractivity contribution in [3.8, 4) is 0 Å². The predicted octanol–water partition coefficient (Wildman–Crippen LogP) is 2.00. The van der Waals surface area contributed by atoms with Crippen molar-refractivity contribution < 1.29 is 5.11 Å². The van der Waals surface area contributed by atoms with Crippen molar-refractivity contribution in [1.82, 2.24) is 0 Å². The van der Waals surface area contributed by atoms with Crippen molar-refractivity contribution in [2.75, 3.05) is 0 Å². The number of hydrogen-bond acceptors (Lipinski definition) is 2. The van der Waals surface area contributed by atoms with Gasteiger partial charge in [-0.15, -0.1) is 11.3 Å². The highest BCUT2D eigenvalue weighted by Gasteiger charge is 1.95. The number of thiophene rings is 1. The second-order valence-electron chi connectivity index (χ2n) is 1.38. The molecule has 0 aliphatic heterocycles. The molecular weight excluding hydrogens is 188 g/mol. The Morgan fingerprint density at radius 3 is 2.75 bits per heavy atom. The Labute approximate surface area is 60.1 Å². The lowest BCUT2D eigenvalue weighted by Gasteiger charge is -1.85. The van der Waals surface area contributed by atoms with Crippen molar-refractivity contribution in [3.63, 3.8) is 0 Å².